The fourth-order valence-corrected chi connectivity index (χ4v) is 4.74. The molecule has 0 aliphatic carbocycles. The molecule has 2 saturated heterocycles. The Balaban J connectivity index is 1.51. The van der Waals surface area contributed by atoms with E-state index in [0.29, 0.717) is 17.7 Å². The van der Waals surface area contributed by atoms with E-state index in [2.05, 4.69) is 34.2 Å². The number of halogens is 1. The third-order valence-corrected chi connectivity index (χ3v) is 6.30. The number of likely N-dealkylation sites (tertiary alicyclic amines) is 2. The fraction of sp³-hybridized carbons (Fsp3) is 0.500. The lowest BCUT2D eigenvalue weighted by atomic mass is 10.0. The molecule has 2 fully saturated rings. The Bertz CT molecular complexity index is 835. The molecular weight excluding hydrogens is 364 g/mol. The number of aryl methyl sites for hydroxylation is 1. The second-order valence-corrected chi connectivity index (χ2v) is 8.01. The van der Waals surface area contributed by atoms with Crippen LogP contribution in [0.1, 0.15) is 47.6 Å². The van der Waals surface area contributed by atoms with E-state index in [1.807, 2.05) is 17.0 Å². The molecule has 4 rings (SSSR count). The molecule has 6 nitrogen and oxygen atoms in total. The summed E-state index contributed by atoms with van der Waals surface area (Å²) < 4.78 is 0. The van der Waals surface area contributed by atoms with Gasteiger partial charge in [0.15, 0.2) is 11.4 Å². The minimum atomic E-state index is -0.151. The molecule has 2 aromatic rings. The van der Waals surface area contributed by atoms with Crippen LogP contribution in [0.5, 0.6) is 5.75 Å². The van der Waals surface area contributed by atoms with E-state index >= 15 is 0 Å². The van der Waals surface area contributed by atoms with Crippen molar-refractivity contribution >= 4 is 17.5 Å². The molecule has 0 spiro atoms. The monoisotopic (exact) mass is 388 g/mol. The predicted octanol–water partition coefficient (Wildman–Crippen LogP) is 3.37. The van der Waals surface area contributed by atoms with Crippen LogP contribution in [0.3, 0.4) is 0 Å². The van der Waals surface area contributed by atoms with Crippen molar-refractivity contribution in [2.75, 3.05) is 19.6 Å². The number of nitrogens with zero attached hydrogens (tertiary/aromatic N) is 3. The van der Waals surface area contributed by atoms with Crippen molar-refractivity contribution in [3.05, 3.63) is 46.2 Å². The van der Waals surface area contributed by atoms with E-state index in [9.17, 15) is 9.90 Å². The summed E-state index contributed by atoms with van der Waals surface area (Å²) in [7, 11) is 0. The van der Waals surface area contributed by atoms with Crippen molar-refractivity contribution in [3.63, 3.8) is 0 Å². The molecule has 0 bridgehead atoms. The summed E-state index contributed by atoms with van der Waals surface area (Å²) in [5.41, 5.74) is 1.92. The van der Waals surface area contributed by atoms with Crippen LogP contribution in [0.2, 0.25) is 5.02 Å². The van der Waals surface area contributed by atoms with E-state index in [-0.39, 0.29) is 23.4 Å². The lowest BCUT2D eigenvalue weighted by Crippen LogP contribution is -2.40. The van der Waals surface area contributed by atoms with E-state index in [0.717, 1.165) is 37.5 Å². The average Bonchev–Trinajstić information content (AvgIpc) is 3.32. The molecule has 1 amide bonds. The van der Waals surface area contributed by atoms with E-state index in [1.54, 1.807) is 6.92 Å². The van der Waals surface area contributed by atoms with Gasteiger partial charge in [-0.1, -0.05) is 30.7 Å². The van der Waals surface area contributed by atoms with Crippen LogP contribution in [0.15, 0.2) is 24.3 Å². The summed E-state index contributed by atoms with van der Waals surface area (Å²) in [5, 5.41) is 17.5. The van der Waals surface area contributed by atoms with Crippen LogP contribution in [0, 0.1) is 12.8 Å². The Labute approximate surface area is 164 Å². The maximum Gasteiger partial charge on any atom is 0.276 e. The van der Waals surface area contributed by atoms with Gasteiger partial charge in [-0.2, -0.15) is 5.10 Å². The van der Waals surface area contributed by atoms with E-state index in [1.165, 1.54) is 5.56 Å². The average molecular weight is 389 g/mol. The zero-order chi connectivity index (χ0) is 19.1. The van der Waals surface area contributed by atoms with Gasteiger partial charge in [0.2, 0.25) is 0 Å². The van der Waals surface area contributed by atoms with Gasteiger partial charge in [0.25, 0.3) is 5.91 Å². The molecule has 1 unspecified atom stereocenters. The molecule has 3 heterocycles. The number of hydrogen-bond donors (Lipinski definition) is 2. The van der Waals surface area contributed by atoms with E-state index < -0.39 is 0 Å². The second-order valence-electron chi connectivity index (χ2n) is 7.58. The fourth-order valence-electron chi connectivity index (χ4n) is 4.61. The topological polar surface area (TPSA) is 72.5 Å². The van der Waals surface area contributed by atoms with Crippen LogP contribution >= 0.6 is 11.6 Å². The highest BCUT2D eigenvalue weighted by Crippen LogP contribution is 2.38. The summed E-state index contributed by atoms with van der Waals surface area (Å²) in [6.45, 7) is 6.46. The first-order valence-corrected chi connectivity index (χ1v) is 9.91. The third kappa shape index (κ3) is 3.21. The Morgan fingerprint density at radius 3 is 2.74 bits per heavy atom. The third-order valence-electron chi connectivity index (χ3n) is 6.05. The number of H-pyrrole nitrogens is 1. The Morgan fingerprint density at radius 2 is 2.11 bits per heavy atom. The van der Waals surface area contributed by atoms with Crippen LogP contribution in [0.4, 0.5) is 0 Å². The largest absolute Gasteiger partial charge is 0.504 e. The first-order valence-electron chi connectivity index (χ1n) is 9.54. The summed E-state index contributed by atoms with van der Waals surface area (Å²) in [6.07, 6.45) is 2.01. The Morgan fingerprint density at radius 1 is 1.37 bits per heavy atom. The number of fused-ring (bicyclic) bond motifs is 1. The Kier molecular flexibility index (Phi) is 4.86. The van der Waals surface area contributed by atoms with Crippen molar-refractivity contribution in [2.24, 2.45) is 5.92 Å². The number of rotatable bonds is 4. The number of aromatic nitrogens is 2. The van der Waals surface area contributed by atoms with Gasteiger partial charge >= 0.3 is 0 Å². The van der Waals surface area contributed by atoms with Gasteiger partial charge in [0, 0.05) is 36.7 Å². The van der Waals surface area contributed by atoms with Crippen LogP contribution in [-0.4, -0.2) is 56.7 Å². The van der Waals surface area contributed by atoms with Gasteiger partial charge in [-0.3, -0.25) is 14.8 Å². The molecule has 0 saturated carbocycles. The summed E-state index contributed by atoms with van der Waals surface area (Å²) >= 11 is 6.04. The lowest BCUT2D eigenvalue weighted by Gasteiger charge is -2.30. The number of amides is 1. The highest BCUT2D eigenvalue weighted by molar-refractivity contribution is 6.30. The van der Waals surface area contributed by atoms with Crippen molar-refractivity contribution in [1.29, 1.82) is 0 Å². The van der Waals surface area contributed by atoms with Crippen LogP contribution < -0.4 is 0 Å². The standard InChI is InChI=1S/C20H25ClN4O2/c1-3-16(13-4-6-15(21)7-5-13)24-10-14-8-9-25(17(14)11-24)20(27)18-19(26)12(2)22-23-18/h4-7,14,16-17,26H,3,8-11H2,1-2H3,(H,22,23)/t14-,16?,17+/m0/s1. The van der Waals surface area contributed by atoms with Gasteiger partial charge in [-0.25, -0.2) is 0 Å². The molecule has 2 aliphatic heterocycles. The maximum atomic E-state index is 12.9. The number of carbonyl (C=O) groups is 1. The summed E-state index contributed by atoms with van der Waals surface area (Å²) in [6, 6.07) is 8.58. The Hall–Kier alpha value is -2.05. The zero-order valence-corrected chi connectivity index (χ0v) is 16.4. The number of carbonyl (C=O) groups excluding carboxylic acids is 1. The first kappa shape index (κ1) is 18.3. The zero-order valence-electron chi connectivity index (χ0n) is 15.7. The quantitative estimate of drug-likeness (QED) is 0.842. The number of aromatic hydroxyl groups is 1. The maximum absolute atomic E-state index is 12.9. The molecule has 2 aliphatic rings. The van der Waals surface area contributed by atoms with Gasteiger partial charge < -0.3 is 10.0 Å². The molecule has 2 N–H and O–H groups in total. The van der Waals surface area contributed by atoms with Crippen molar-refractivity contribution in [1.82, 2.24) is 20.0 Å². The van der Waals surface area contributed by atoms with Crippen LogP contribution in [-0.2, 0) is 0 Å². The lowest BCUT2D eigenvalue weighted by molar-refractivity contribution is 0.0711. The highest BCUT2D eigenvalue weighted by Gasteiger charge is 2.45. The number of nitrogens with one attached hydrogen (secondary N) is 1. The molecule has 3 atom stereocenters. The van der Waals surface area contributed by atoms with Gasteiger partial charge in [0.1, 0.15) is 5.69 Å². The molecule has 144 valence electrons. The normalized spacial score (nSPS) is 23.6. The molecule has 27 heavy (non-hydrogen) atoms. The minimum Gasteiger partial charge on any atom is -0.504 e. The van der Waals surface area contributed by atoms with Gasteiger partial charge in [-0.05, 0) is 43.4 Å². The first-order chi connectivity index (χ1) is 13.0. The summed E-state index contributed by atoms with van der Waals surface area (Å²) in [4.78, 5) is 17.3. The second kappa shape index (κ2) is 7.17. The van der Waals surface area contributed by atoms with Crippen molar-refractivity contribution in [2.45, 2.75) is 38.8 Å². The van der Waals surface area contributed by atoms with E-state index in [4.69, 9.17) is 11.6 Å². The molecule has 7 heteroatoms. The predicted molar refractivity (Wildman–Crippen MR) is 104 cm³/mol. The number of aromatic amines is 1. The molecular formula is C20H25ClN4O2. The van der Waals surface area contributed by atoms with Crippen molar-refractivity contribution < 1.29 is 9.90 Å². The SMILES string of the molecule is CCC(c1ccc(Cl)cc1)N1C[C@@H]2CCN(C(=O)c3[nH]nc(C)c3O)[C@@H]2C1. The minimum absolute atomic E-state index is 0.0362. The smallest absolute Gasteiger partial charge is 0.276 e. The van der Waals surface area contributed by atoms with Crippen molar-refractivity contribution in [3.8, 4) is 5.75 Å². The summed E-state index contributed by atoms with van der Waals surface area (Å²) in [5.74, 6) is 0.286. The molecule has 1 aromatic carbocycles. The van der Waals surface area contributed by atoms with Crippen LogP contribution in [0.25, 0.3) is 0 Å². The van der Waals surface area contributed by atoms with Gasteiger partial charge in [0.05, 0.1) is 0 Å². The molecule has 1 aromatic heterocycles. The van der Waals surface area contributed by atoms with Gasteiger partial charge in [-0.15, -0.1) is 0 Å². The highest BCUT2D eigenvalue weighted by atomic mass is 35.5. The number of hydrogen-bond acceptors (Lipinski definition) is 4. The molecule has 0 radical (unpaired) electrons. The number of benzene rings is 1.